The third-order valence-corrected chi connectivity index (χ3v) is 5.26. The van der Waals surface area contributed by atoms with Crippen LogP contribution in [0.4, 0.5) is 5.69 Å². The van der Waals surface area contributed by atoms with Gasteiger partial charge in [-0.3, -0.25) is 14.1 Å². The van der Waals surface area contributed by atoms with Gasteiger partial charge in [0.05, 0.1) is 40.8 Å². The summed E-state index contributed by atoms with van der Waals surface area (Å²) < 4.78 is 12.0. The van der Waals surface area contributed by atoms with Gasteiger partial charge in [-0.1, -0.05) is 68.1 Å². The molecule has 0 spiro atoms. The minimum absolute atomic E-state index is 0. The first kappa shape index (κ1) is 27.5. The summed E-state index contributed by atoms with van der Waals surface area (Å²) >= 11 is 0. The number of esters is 1. The van der Waals surface area contributed by atoms with E-state index in [4.69, 9.17) is 9.47 Å². The van der Waals surface area contributed by atoms with Gasteiger partial charge in [0.1, 0.15) is 11.4 Å². The van der Waals surface area contributed by atoms with Crippen LogP contribution in [0.25, 0.3) is 6.08 Å². The van der Waals surface area contributed by atoms with E-state index in [-0.39, 0.29) is 25.6 Å². The third-order valence-electron chi connectivity index (χ3n) is 5.26. The van der Waals surface area contributed by atoms with Crippen LogP contribution in [0.5, 0.6) is 5.75 Å². The predicted octanol–water partition coefficient (Wildman–Crippen LogP) is 5.97. The predicted molar refractivity (Wildman–Crippen MR) is 144 cm³/mol. The summed E-state index contributed by atoms with van der Waals surface area (Å²) in [7, 11) is 6.30. The molecule has 3 rings (SSSR count). The first-order valence-corrected chi connectivity index (χ1v) is 11.4. The summed E-state index contributed by atoms with van der Waals surface area (Å²) in [5.74, 6) is 0.374. The van der Waals surface area contributed by atoms with Crippen LogP contribution in [-0.2, 0) is 16.0 Å². The fourth-order valence-electron chi connectivity index (χ4n) is 3.32. The molecule has 184 valence electrons. The number of hydrogen-bond acceptors (Lipinski definition) is 4. The van der Waals surface area contributed by atoms with E-state index in [0.29, 0.717) is 30.9 Å². The lowest BCUT2D eigenvalue weighted by molar-refractivity contribution is -0.143. The Morgan fingerprint density at radius 2 is 1.49 bits per heavy atom. The number of quaternary nitrogens is 1. The number of ether oxygens (including phenoxy) is 2. The molecule has 0 heterocycles. The van der Waals surface area contributed by atoms with Crippen molar-refractivity contribution in [3.63, 3.8) is 0 Å². The highest BCUT2D eigenvalue weighted by atomic mass is 16.5. The average Bonchev–Trinajstić information content (AvgIpc) is 2.83. The quantitative estimate of drug-likeness (QED) is 0.113. The van der Waals surface area contributed by atoms with Gasteiger partial charge in [-0.25, -0.2) is 0 Å². The zero-order chi connectivity index (χ0) is 24.4. The molecular formula is C30H36NO4+. The topological polar surface area (TPSA) is 52.6 Å². The van der Waals surface area contributed by atoms with Crippen molar-refractivity contribution in [2.24, 2.45) is 0 Å². The number of carbonyl (C=O) groups is 2. The molecule has 0 saturated carbocycles. The van der Waals surface area contributed by atoms with E-state index in [2.05, 4.69) is 21.1 Å². The summed E-state index contributed by atoms with van der Waals surface area (Å²) in [6.07, 6.45) is 4.13. The standard InChI is InChI=1S/C29H32NO4.CH4/c1-30(2,3)26-17-14-23(15-18-26)22-29(32)34-21-9-20-33-28-13-8-7-12-25(28)16-19-27(31)24-10-5-4-6-11-24;/h4-8,10-19H,9,20-22H2,1-3H3;1H4/q+1;. The van der Waals surface area contributed by atoms with Gasteiger partial charge in [-0.15, -0.1) is 0 Å². The van der Waals surface area contributed by atoms with E-state index in [1.165, 1.54) is 5.69 Å². The SMILES string of the molecule is C.C[N+](C)(C)c1ccc(CC(=O)OCCCOc2ccccc2C=CC(=O)c2ccccc2)cc1. The molecule has 0 unspecified atom stereocenters. The number of allylic oxidation sites excluding steroid dienone is 1. The lowest BCUT2D eigenvalue weighted by atomic mass is 10.1. The fraction of sp³-hybridized carbons (Fsp3) is 0.267. The van der Waals surface area contributed by atoms with Gasteiger partial charge in [0, 0.05) is 17.5 Å². The van der Waals surface area contributed by atoms with E-state index in [0.717, 1.165) is 15.6 Å². The van der Waals surface area contributed by atoms with Crippen LogP contribution in [0.3, 0.4) is 0 Å². The van der Waals surface area contributed by atoms with Gasteiger partial charge in [-0.05, 0) is 35.9 Å². The highest BCUT2D eigenvalue weighted by molar-refractivity contribution is 6.06. The van der Waals surface area contributed by atoms with Crippen LogP contribution in [0.1, 0.15) is 35.3 Å². The van der Waals surface area contributed by atoms with Crippen molar-refractivity contribution >= 4 is 23.5 Å². The first-order chi connectivity index (χ1) is 16.3. The summed E-state index contributed by atoms with van der Waals surface area (Å²) in [6.45, 7) is 0.698. The van der Waals surface area contributed by atoms with Crippen LogP contribution in [0.15, 0.2) is 84.9 Å². The Balaban J connectivity index is 0.00000432. The average molecular weight is 475 g/mol. The lowest BCUT2D eigenvalue weighted by Crippen LogP contribution is -2.34. The normalized spacial score (nSPS) is 11.1. The molecule has 5 nitrogen and oxygen atoms in total. The second-order valence-electron chi connectivity index (χ2n) is 8.88. The monoisotopic (exact) mass is 474 g/mol. The van der Waals surface area contributed by atoms with Crippen molar-refractivity contribution in [2.45, 2.75) is 20.3 Å². The van der Waals surface area contributed by atoms with Gasteiger partial charge in [0.15, 0.2) is 5.78 Å². The van der Waals surface area contributed by atoms with Gasteiger partial charge in [0.2, 0.25) is 0 Å². The molecule has 0 bridgehead atoms. The number of carbonyl (C=O) groups excluding carboxylic acids is 2. The molecule has 5 heteroatoms. The molecule has 0 N–H and O–H groups in total. The minimum atomic E-state index is -0.249. The molecule has 0 atom stereocenters. The second-order valence-corrected chi connectivity index (χ2v) is 8.88. The summed E-state index contributed by atoms with van der Waals surface area (Å²) in [5.41, 5.74) is 3.57. The van der Waals surface area contributed by atoms with E-state index >= 15 is 0 Å². The number of ketones is 1. The number of nitrogens with zero attached hydrogens (tertiary/aromatic N) is 1. The molecule has 0 aliphatic carbocycles. The van der Waals surface area contributed by atoms with Crippen molar-refractivity contribution in [1.29, 1.82) is 0 Å². The number of rotatable bonds is 11. The largest absolute Gasteiger partial charge is 0.493 e. The van der Waals surface area contributed by atoms with Crippen molar-refractivity contribution in [3.8, 4) is 5.75 Å². The molecule has 0 fully saturated rings. The van der Waals surface area contributed by atoms with Crippen molar-refractivity contribution in [1.82, 2.24) is 4.48 Å². The van der Waals surface area contributed by atoms with Crippen LogP contribution in [0.2, 0.25) is 0 Å². The van der Waals surface area contributed by atoms with Crippen molar-refractivity contribution in [2.75, 3.05) is 34.4 Å². The molecule has 0 saturated heterocycles. The summed E-state index contributed by atoms with van der Waals surface area (Å²) in [6, 6.07) is 24.7. The van der Waals surface area contributed by atoms with Crippen LogP contribution in [-0.4, -0.2) is 46.1 Å². The Hall–Kier alpha value is -3.70. The van der Waals surface area contributed by atoms with E-state index < -0.39 is 0 Å². The van der Waals surface area contributed by atoms with Crippen LogP contribution < -0.4 is 9.22 Å². The first-order valence-electron chi connectivity index (χ1n) is 11.4. The molecule has 0 aromatic heterocycles. The molecule has 0 amide bonds. The summed E-state index contributed by atoms with van der Waals surface area (Å²) in [5, 5.41) is 0. The lowest BCUT2D eigenvalue weighted by Gasteiger charge is -2.23. The zero-order valence-electron chi connectivity index (χ0n) is 20.1. The Bertz CT molecular complexity index is 1110. The minimum Gasteiger partial charge on any atom is -0.493 e. The molecule has 0 aliphatic rings. The fourth-order valence-corrected chi connectivity index (χ4v) is 3.32. The van der Waals surface area contributed by atoms with Gasteiger partial charge in [0.25, 0.3) is 0 Å². The highest BCUT2D eigenvalue weighted by Crippen LogP contribution is 2.20. The maximum absolute atomic E-state index is 12.3. The maximum atomic E-state index is 12.3. The second kappa shape index (κ2) is 13.3. The highest BCUT2D eigenvalue weighted by Gasteiger charge is 2.12. The number of para-hydroxylation sites is 1. The van der Waals surface area contributed by atoms with Gasteiger partial charge < -0.3 is 9.47 Å². The third kappa shape index (κ3) is 8.87. The molecule has 0 radical (unpaired) electrons. The Morgan fingerprint density at radius 1 is 0.829 bits per heavy atom. The van der Waals surface area contributed by atoms with Crippen molar-refractivity contribution in [3.05, 3.63) is 102 Å². The molecule has 35 heavy (non-hydrogen) atoms. The summed E-state index contributed by atoms with van der Waals surface area (Å²) in [4.78, 5) is 24.4. The van der Waals surface area contributed by atoms with E-state index in [1.54, 1.807) is 24.3 Å². The van der Waals surface area contributed by atoms with Gasteiger partial charge >= 0.3 is 5.97 Å². The Morgan fingerprint density at radius 3 is 2.17 bits per heavy atom. The van der Waals surface area contributed by atoms with E-state index in [9.17, 15) is 9.59 Å². The Labute approximate surface area is 209 Å². The molecular weight excluding hydrogens is 438 g/mol. The molecule has 3 aromatic rings. The van der Waals surface area contributed by atoms with Crippen molar-refractivity contribution < 1.29 is 19.1 Å². The zero-order valence-corrected chi connectivity index (χ0v) is 20.1. The maximum Gasteiger partial charge on any atom is 0.310 e. The van der Waals surface area contributed by atoms with Crippen LogP contribution >= 0.6 is 0 Å². The van der Waals surface area contributed by atoms with E-state index in [1.807, 2.05) is 66.7 Å². The molecule has 3 aromatic carbocycles. The smallest absolute Gasteiger partial charge is 0.310 e. The van der Waals surface area contributed by atoms with Crippen LogP contribution in [0, 0.1) is 0 Å². The Kier molecular flexibility index (Phi) is 10.4. The number of benzene rings is 3. The molecule has 0 aliphatic heterocycles. The van der Waals surface area contributed by atoms with Gasteiger partial charge in [-0.2, -0.15) is 0 Å². The number of hydrogen-bond donors (Lipinski definition) is 0.